The molecule has 1 aromatic rings. The number of benzene rings is 1. The van der Waals surface area contributed by atoms with E-state index in [0.717, 1.165) is 5.56 Å². The molecule has 2 heterocycles. The highest BCUT2D eigenvalue weighted by Gasteiger charge is 2.38. The van der Waals surface area contributed by atoms with Gasteiger partial charge in [0.05, 0.1) is 6.04 Å². The van der Waals surface area contributed by atoms with Gasteiger partial charge in [-0.2, -0.15) is 0 Å². The molecule has 0 saturated carbocycles. The molecule has 0 aromatic heterocycles. The predicted molar refractivity (Wildman–Crippen MR) is 139 cm³/mol. The minimum atomic E-state index is -0.996. The zero-order valence-electron chi connectivity index (χ0n) is 22.3. The molecule has 4 unspecified atom stereocenters. The average molecular weight is 487 g/mol. The summed E-state index contributed by atoms with van der Waals surface area (Å²) in [7, 11) is 3.68. The molecule has 0 fully saturated rings. The largest absolute Gasteiger partial charge is 0.487 e. The molecule has 8 nitrogen and oxygen atoms in total. The number of carbonyl (C=O) groups excluding carboxylic acids is 3. The van der Waals surface area contributed by atoms with E-state index in [1.807, 2.05) is 84.8 Å². The van der Waals surface area contributed by atoms with Crippen molar-refractivity contribution in [3.8, 4) is 5.75 Å². The molecule has 8 heteroatoms. The first kappa shape index (κ1) is 28.4. The van der Waals surface area contributed by atoms with Crippen LogP contribution in [0.2, 0.25) is 0 Å². The topological polar surface area (TPSA) is 99.8 Å². The number of nitrogens with zero attached hydrogens (tertiary/aromatic N) is 1. The standard InChI is InChI=1S/C27H42N4O4/c1-16(2)15-21-25(32)28-14-13-19-9-11-20(12-10-19)35-24(18(5)6)22(26(33)29-21)30-27(34)23(17(3)4)31(7)8/h9-14,16-18,21-24H,15H2,1-8H3,(H,28,32)(H,29,33)(H,30,34). The molecule has 35 heavy (non-hydrogen) atoms. The highest BCUT2D eigenvalue weighted by Crippen LogP contribution is 2.21. The lowest BCUT2D eigenvalue weighted by atomic mass is 9.95. The van der Waals surface area contributed by atoms with Gasteiger partial charge in [0.1, 0.15) is 23.9 Å². The fourth-order valence-electron chi connectivity index (χ4n) is 4.36. The number of likely N-dealkylation sites (N-methyl/N-ethyl adjacent to an activating group) is 1. The summed E-state index contributed by atoms with van der Waals surface area (Å²) < 4.78 is 6.29. The number of carbonyl (C=O) groups is 3. The lowest BCUT2D eigenvalue weighted by Gasteiger charge is -2.34. The van der Waals surface area contributed by atoms with Crippen molar-refractivity contribution >= 4 is 23.8 Å². The van der Waals surface area contributed by atoms with Gasteiger partial charge in [0.25, 0.3) is 0 Å². The molecule has 2 aliphatic rings. The van der Waals surface area contributed by atoms with E-state index >= 15 is 0 Å². The fourth-order valence-corrected chi connectivity index (χ4v) is 4.36. The van der Waals surface area contributed by atoms with E-state index in [2.05, 4.69) is 16.0 Å². The molecule has 0 saturated heterocycles. The Morgan fingerprint density at radius 1 is 1.03 bits per heavy atom. The monoisotopic (exact) mass is 486 g/mol. The lowest BCUT2D eigenvalue weighted by molar-refractivity contribution is -0.136. The second-order valence-corrected chi connectivity index (χ2v) is 10.6. The van der Waals surface area contributed by atoms with Crippen LogP contribution in [0.15, 0.2) is 30.5 Å². The summed E-state index contributed by atoms with van der Waals surface area (Å²) in [6.45, 7) is 11.8. The first-order chi connectivity index (χ1) is 16.4. The van der Waals surface area contributed by atoms with Gasteiger partial charge in [-0.25, -0.2) is 0 Å². The van der Waals surface area contributed by atoms with Crippen molar-refractivity contribution < 1.29 is 19.1 Å². The molecule has 1 aromatic carbocycles. The Morgan fingerprint density at radius 2 is 1.66 bits per heavy atom. The summed E-state index contributed by atoms with van der Waals surface area (Å²) in [6, 6.07) is 5.21. The maximum Gasteiger partial charge on any atom is 0.247 e. The second-order valence-electron chi connectivity index (χ2n) is 10.6. The van der Waals surface area contributed by atoms with Gasteiger partial charge in [-0.1, -0.05) is 53.7 Å². The molecular weight excluding hydrogens is 444 g/mol. The van der Waals surface area contributed by atoms with Crippen molar-refractivity contribution in [2.75, 3.05) is 14.1 Å². The number of hydrogen-bond acceptors (Lipinski definition) is 5. The third-order valence-corrected chi connectivity index (χ3v) is 6.02. The Balaban J connectivity index is 2.52. The maximum atomic E-state index is 13.7. The van der Waals surface area contributed by atoms with Crippen molar-refractivity contribution in [3.05, 3.63) is 36.0 Å². The summed E-state index contributed by atoms with van der Waals surface area (Å²) in [5.74, 6) is -0.319. The summed E-state index contributed by atoms with van der Waals surface area (Å²) in [5, 5.41) is 8.62. The van der Waals surface area contributed by atoms with Crippen molar-refractivity contribution in [2.24, 2.45) is 17.8 Å². The van der Waals surface area contributed by atoms with E-state index in [4.69, 9.17) is 4.74 Å². The lowest BCUT2D eigenvalue weighted by Crippen LogP contribution is -2.62. The van der Waals surface area contributed by atoms with Crippen LogP contribution in [0.25, 0.3) is 6.08 Å². The second kappa shape index (κ2) is 12.7. The molecule has 3 amide bonds. The Hall–Kier alpha value is -2.87. The summed E-state index contributed by atoms with van der Waals surface area (Å²) in [6.07, 6.45) is 3.17. The number of hydrogen-bond donors (Lipinski definition) is 3. The Bertz CT molecular complexity index is 885. The molecule has 2 aliphatic heterocycles. The minimum Gasteiger partial charge on any atom is -0.487 e. The molecule has 194 valence electrons. The highest BCUT2D eigenvalue weighted by molar-refractivity contribution is 5.94. The molecular formula is C27H42N4O4. The zero-order chi connectivity index (χ0) is 26.3. The van der Waals surface area contributed by atoms with Gasteiger partial charge in [0.15, 0.2) is 0 Å². The van der Waals surface area contributed by atoms with Crippen molar-refractivity contribution in [1.29, 1.82) is 0 Å². The van der Waals surface area contributed by atoms with Crippen molar-refractivity contribution in [1.82, 2.24) is 20.9 Å². The summed E-state index contributed by atoms with van der Waals surface area (Å²) >= 11 is 0. The van der Waals surface area contributed by atoms with Crippen LogP contribution in [-0.2, 0) is 14.4 Å². The SMILES string of the molecule is CC(C)CC1NC(=O)C(NC(=O)C(C(C)C)N(C)C)C(C(C)C)Oc2ccc(cc2)C=CNC1=O. The fraction of sp³-hybridized carbons (Fsp3) is 0.593. The minimum absolute atomic E-state index is 0.0313. The molecule has 3 rings (SSSR count). The van der Waals surface area contributed by atoms with Crippen molar-refractivity contribution in [3.63, 3.8) is 0 Å². The van der Waals surface area contributed by atoms with Crippen LogP contribution in [-0.4, -0.2) is 60.9 Å². The van der Waals surface area contributed by atoms with Gasteiger partial charge in [0, 0.05) is 6.20 Å². The average Bonchev–Trinajstić information content (AvgIpc) is 2.75. The third-order valence-electron chi connectivity index (χ3n) is 6.02. The maximum absolute atomic E-state index is 13.7. The summed E-state index contributed by atoms with van der Waals surface area (Å²) in [4.78, 5) is 41.8. The number of amides is 3. The van der Waals surface area contributed by atoms with Gasteiger partial charge in [-0.3, -0.25) is 19.3 Å². The van der Waals surface area contributed by atoms with Crippen LogP contribution in [0.5, 0.6) is 5.75 Å². The number of fused-ring (bicyclic) bond motifs is 10. The number of rotatable bonds is 7. The van der Waals surface area contributed by atoms with E-state index in [1.165, 1.54) is 0 Å². The van der Waals surface area contributed by atoms with Crippen LogP contribution in [0.4, 0.5) is 0 Å². The Kier molecular flexibility index (Phi) is 10.3. The highest BCUT2D eigenvalue weighted by atomic mass is 16.5. The first-order valence-electron chi connectivity index (χ1n) is 12.4. The number of nitrogens with one attached hydrogen (secondary N) is 3. The van der Waals surface area contributed by atoms with Gasteiger partial charge in [-0.05, 0) is 62.0 Å². The molecule has 3 N–H and O–H groups in total. The Labute approximate surface area is 209 Å². The predicted octanol–water partition coefficient (Wildman–Crippen LogP) is 2.79. The quantitative estimate of drug-likeness (QED) is 0.550. The van der Waals surface area contributed by atoms with E-state index in [0.29, 0.717) is 12.2 Å². The van der Waals surface area contributed by atoms with E-state index in [-0.39, 0.29) is 29.6 Å². The van der Waals surface area contributed by atoms with E-state index in [1.54, 1.807) is 12.3 Å². The van der Waals surface area contributed by atoms with Gasteiger partial charge in [-0.15, -0.1) is 0 Å². The van der Waals surface area contributed by atoms with Crippen molar-refractivity contribution in [2.45, 2.75) is 72.2 Å². The summed E-state index contributed by atoms with van der Waals surface area (Å²) in [5.41, 5.74) is 0.899. The van der Waals surface area contributed by atoms with E-state index < -0.39 is 30.1 Å². The zero-order valence-corrected chi connectivity index (χ0v) is 22.3. The molecule has 0 radical (unpaired) electrons. The van der Waals surface area contributed by atoms with Gasteiger partial charge in [0.2, 0.25) is 17.7 Å². The molecule has 4 atom stereocenters. The Morgan fingerprint density at radius 3 is 2.17 bits per heavy atom. The van der Waals surface area contributed by atoms with Crippen LogP contribution < -0.4 is 20.7 Å². The number of ether oxygens (including phenoxy) is 1. The molecule has 2 bridgehead atoms. The molecule has 0 aliphatic carbocycles. The van der Waals surface area contributed by atoms with Crippen LogP contribution in [0.1, 0.15) is 53.5 Å². The third kappa shape index (κ3) is 8.09. The van der Waals surface area contributed by atoms with Gasteiger partial charge >= 0.3 is 0 Å². The van der Waals surface area contributed by atoms with Crippen LogP contribution >= 0.6 is 0 Å². The smallest absolute Gasteiger partial charge is 0.247 e. The van der Waals surface area contributed by atoms with Crippen LogP contribution in [0.3, 0.4) is 0 Å². The van der Waals surface area contributed by atoms with Gasteiger partial charge < -0.3 is 20.7 Å². The van der Waals surface area contributed by atoms with Crippen LogP contribution in [0, 0.1) is 17.8 Å². The normalized spacial score (nSPS) is 22.1. The van der Waals surface area contributed by atoms with E-state index in [9.17, 15) is 14.4 Å². The first-order valence-corrected chi connectivity index (χ1v) is 12.4. The molecule has 0 spiro atoms.